The third-order valence-electron chi connectivity index (χ3n) is 2.62. The normalized spacial score (nSPS) is 10.5. The van der Waals surface area contributed by atoms with E-state index < -0.39 is 12.3 Å². The van der Waals surface area contributed by atoms with E-state index in [4.69, 9.17) is 5.73 Å². The highest BCUT2D eigenvalue weighted by Gasteiger charge is 2.30. The summed E-state index contributed by atoms with van der Waals surface area (Å²) in [5, 5.41) is 2.33. The van der Waals surface area contributed by atoms with Crippen LogP contribution >= 0.6 is 12.4 Å². The summed E-state index contributed by atoms with van der Waals surface area (Å²) in [6.07, 6.45) is -4.74. The number of likely N-dealkylation sites (N-methyl/N-ethyl adjacent to an activating group) is 1. The van der Waals surface area contributed by atoms with Crippen LogP contribution < -0.4 is 15.8 Å². The van der Waals surface area contributed by atoms with Gasteiger partial charge in [-0.3, -0.25) is 9.59 Å². The van der Waals surface area contributed by atoms with Crippen molar-refractivity contribution in [1.82, 2.24) is 10.2 Å². The predicted molar refractivity (Wildman–Crippen MR) is 78.9 cm³/mol. The van der Waals surface area contributed by atoms with E-state index in [9.17, 15) is 22.8 Å². The van der Waals surface area contributed by atoms with Gasteiger partial charge in [-0.1, -0.05) is 12.1 Å². The SMILES string of the molecule is CN(Cc1ccc(OC(F)(F)F)cc1)C(=O)CNC(=O)CN.Cl. The van der Waals surface area contributed by atoms with Gasteiger partial charge < -0.3 is 20.7 Å². The number of hydrogen-bond donors (Lipinski definition) is 2. The number of halogens is 4. The van der Waals surface area contributed by atoms with E-state index in [0.717, 1.165) is 12.1 Å². The molecule has 1 rings (SSSR count). The minimum absolute atomic E-state index is 0. The molecule has 3 N–H and O–H groups in total. The lowest BCUT2D eigenvalue weighted by Crippen LogP contribution is -2.40. The highest BCUT2D eigenvalue weighted by molar-refractivity contribution is 5.85. The Kier molecular flexibility index (Phi) is 8.41. The van der Waals surface area contributed by atoms with E-state index in [2.05, 4.69) is 10.1 Å². The molecule has 0 fully saturated rings. The zero-order valence-corrected chi connectivity index (χ0v) is 13.0. The van der Waals surface area contributed by atoms with Gasteiger partial charge in [-0.2, -0.15) is 0 Å². The van der Waals surface area contributed by atoms with Gasteiger partial charge >= 0.3 is 6.36 Å². The molecule has 1 aromatic rings. The minimum atomic E-state index is -4.74. The van der Waals surface area contributed by atoms with Crippen LogP contribution in [0.15, 0.2) is 24.3 Å². The molecule has 10 heteroatoms. The minimum Gasteiger partial charge on any atom is -0.406 e. The van der Waals surface area contributed by atoms with Crippen LogP contribution in [0.3, 0.4) is 0 Å². The summed E-state index contributed by atoms with van der Waals surface area (Å²) >= 11 is 0. The zero-order valence-electron chi connectivity index (χ0n) is 12.2. The first-order valence-electron chi connectivity index (χ1n) is 6.26. The zero-order chi connectivity index (χ0) is 16.8. The van der Waals surface area contributed by atoms with Crippen LogP contribution in [-0.2, 0) is 16.1 Å². The number of rotatable bonds is 6. The Labute approximate surface area is 137 Å². The summed E-state index contributed by atoms with van der Waals surface area (Å²) < 4.78 is 39.8. The fraction of sp³-hybridized carbons (Fsp3) is 0.385. The molecule has 0 aliphatic rings. The molecule has 0 saturated heterocycles. The molecule has 0 aliphatic heterocycles. The van der Waals surface area contributed by atoms with Crippen LogP contribution in [0.2, 0.25) is 0 Å². The molecular formula is C13H17ClF3N3O3. The second-order valence-corrected chi connectivity index (χ2v) is 4.42. The van der Waals surface area contributed by atoms with Gasteiger partial charge in [-0.05, 0) is 17.7 Å². The van der Waals surface area contributed by atoms with E-state index in [0.29, 0.717) is 5.56 Å². The number of carbonyl (C=O) groups is 2. The number of benzene rings is 1. The Balaban J connectivity index is 0.00000484. The average molecular weight is 356 g/mol. The second-order valence-electron chi connectivity index (χ2n) is 4.42. The lowest BCUT2D eigenvalue weighted by atomic mass is 10.2. The quantitative estimate of drug-likeness (QED) is 0.798. The van der Waals surface area contributed by atoms with Gasteiger partial charge in [0, 0.05) is 13.6 Å². The van der Waals surface area contributed by atoms with Crippen LogP contribution in [0.4, 0.5) is 13.2 Å². The van der Waals surface area contributed by atoms with E-state index >= 15 is 0 Å². The monoisotopic (exact) mass is 355 g/mol. The molecule has 0 aliphatic carbocycles. The lowest BCUT2D eigenvalue weighted by molar-refractivity contribution is -0.274. The molecule has 0 saturated carbocycles. The van der Waals surface area contributed by atoms with E-state index in [1.54, 1.807) is 0 Å². The van der Waals surface area contributed by atoms with Gasteiger partial charge in [0.25, 0.3) is 0 Å². The van der Waals surface area contributed by atoms with Crippen molar-refractivity contribution < 1.29 is 27.5 Å². The number of carbonyl (C=O) groups excluding carboxylic acids is 2. The Morgan fingerprint density at radius 3 is 2.30 bits per heavy atom. The van der Waals surface area contributed by atoms with Gasteiger partial charge in [-0.15, -0.1) is 25.6 Å². The summed E-state index contributed by atoms with van der Waals surface area (Å²) in [5.74, 6) is -1.13. The van der Waals surface area contributed by atoms with E-state index in [1.165, 1.54) is 24.1 Å². The van der Waals surface area contributed by atoms with Crippen LogP contribution in [-0.4, -0.2) is 43.2 Å². The van der Waals surface area contributed by atoms with Crippen LogP contribution in [0.1, 0.15) is 5.56 Å². The molecule has 2 amide bonds. The highest BCUT2D eigenvalue weighted by Crippen LogP contribution is 2.22. The fourth-order valence-electron chi connectivity index (χ4n) is 1.54. The van der Waals surface area contributed by atoms with Crippen molar-refractivity contribution in [3.63, 3.8) is 0 Å². The highest BCUT2D eigenvalue weighted by atomic mass is 35.5. The number of nitrogens with one attached hydrogen (secondary N) is 1. The first kappa shape index (κ1) is 21.0. The van der Waals surface area contributed by atoms with Gasteiger partial charge in [0.1, 0.15) is 5.75 Å². The maximum Gasteiger partial charge on any atom is 0.573 e. The molecule has 0 spiro atoms. The lowest BCUT2D eigenvalue weighted by Gasteiger charge is -2.18. The molecule has 23 heavy (non-hydrogen) atoms. The van der Waals surface area contributed by atoms with Gasteiger partial charge in [-0.25, -0.2) is 0 Å². The van der Waals surface area contributed by atoms with E-state index in [1.807, 2.05) is 0 Å². The number of amides is 2. The number of nitrogens with zero attached hydrogens (tertiary/aromatic N) is 1. The maximum absolute atomic E-state index is 12.0. The van der Waals surface area contributed by atoms with Crippen molar-refractivity contribution >= 4 is 24.2 Å². The van der Waals surface area contributed by atoms with Crippen molar-refractivity contribution in [3.05, 3.63) is 29.8 Å². The number of alkyl halides is 3. The fourth-order valence-corrected chi connectivity index (χ4v) is 1.54. The van der Waals surface area contributed by atoms with Crippen molar-refractivity contribution in [2.24, 2.45) is 5.73 Å². The molecule has 0 heterocycles. The van der Waals surface area contributed by atoms with Crippen molar-refractivity contribution in [2.45, 2.75) is 12.9 Å². The Bertz CT molecular complexity index is 523. The maximum atomic E-state index is 12.0. The largest absolute Gasteiger partial charge is 0.573 e. The van der Waals surface area contributed by atoms with E-state index in [-0.39, 0.29) is 43.7 Å². The summed E-state index contributed by atoms with van der Waals surface area (Å²) in [6.45, 7) is -0.219. The van der Waals surface area contributed by atoms with Crippen molar-refractivity contribution in [3.8, 4) is 5.75 Å². The molecule has 0 unspecified atom stereocenters. The summed E-state index contributed by atoms with van der Waals surface area (Å²) in [5.41, 5.74) is 5.71. The molecule has 0 atom stereocenters. The van der Waals surface area contributed by atoms with Crippen LogP contribution in [0.5, 0.6) is 5.75 Å². The Morgan fingerprint density at radius 1 is 1.26 bits per heavy atom. The molecule has 130 valence electrons. The summed E-state index contributed by atoms with van der Waals surface area (Å²) in [6, 6.07) is 5.17. The number of ether oxygens (including phenoxy) is 1. The number of nitrogens with two attached hydrogens (primary N) is 1. The molecule has 0 radical (unpaired) electrons. The third-order valence-corrected chi connectivity index (χ3v) is 2.62. The molecule has 0 bridgehead atoms. The van der Waals surface area contributed by atoms with Crippen LogP contribution in [0.25, 0.3) is 0 Å². The standard InChI is InChI=1S/C13H16F3N3O3.ClH/c1-19(12(21)7-18-11(20)6-17)8-9-2-4-10(5-3-9)22-13(14,15)16;/h2-5H,6-8,17H2,1H3,(H,18,20);1H. The van der Waals surface area contributed by atoms with Crippen molar-refractivity contribution in [1.29, 1.82) is 0 Å². The van der Waals surface area contributed by atoms with Gasteiger partial charge in [0.05, 0.1) is 13.1 Å². The first-order chi connectivity index (χ1) is 10.2. The smallest absolute Gasteiger partial charge is 0.406 e. The molecular weight excluding hydrogens is 339 g/mol. The predicted octanol–water partition coefficient (Wildman–Crippen LogP) is 1.04. The molecule has 0 aromatic heterocycles. The number of hydrogen-bond acceptors (Lipinski definition) is 4. The average Bonchev–Trinajstić information content (AvgIpc) is 2.44. The summed E-state index contributed by atoms with van der Waals surface area (Å²) in [7, 11) is 1.51. The molecule has 6 nitrogen and oxygen atoms in total. The van der Waals surface area contributed by atoms with Gasteiger partial charge in [0.2, 0.25) is 11.8 Å². The topological polar surface area (TPSA) is 84.7 Å². The van der Waals surface area contributed by atoms with Crippen LogP contribution in [0, 0.1) is 0 Å². The second kappa shape index (κ2) is 9.21. The Hall–Kier alpha value is -2.00. The summed E-state index contributed by atoms with van der Waals surface area (Å²) in [4.78, 5) is 24.0. The first-order valence-corrected chi connectivity index (χ1v) is 6.26. The van der Waals surface area contributed by atoms with Crippen molar-refractivity contribution in [2.75, 3.05) is 20.1 Å². The third kappa shape index (κ3) is 8.27. The Morgan fingerprint density at radius 2 is 1.83 bits per heavy atom. The molecule has 1 aromatic carbocycles. The van der Waals surface area contributed by atoms with Gasteiger partial charge in [0.15, 0.2) is 0 Å².